The summed E-state index contributed by atoms with van der Waals surface area (Å²) in [5.74, 6) is 0. The number of nitrogens with zero attached hydrogens (tertiary/aromatic N) is 2. The fraction of sp³-hybridized carbons (Fsp3) is 0. The molecule has 0 aliphatic heterocycles. The van der Waals surface area contributed by atoms with E-state index in [1.165, 1.54) is 0 Å². The smallest absolute Gasteiger partial charge is 0.251 e. The molecule has 5 heteroatoms. The lowest BCUT2D eigenvalue weighted by atomic mass is 10.1. The number of benzene rings is 1. The van der Waals surface area contributed by atoms with Gasteiger partial charge in [0, 0.05) is 17.7 Å². The zero-order valence-corrected chi connectivity index (χ0v) is 11.8. The van der Waals surface area contributed by atoms with E-state index < -0.39 is 0 Å². The summed E-state index contributed by atoms with van der Waals surface area (Å²) in [6.07, 6.45) is 0. The van der Waals surface area contributed by atoms with Crippen molar-refractivity contribution in [1.29, 1.82) is 0 Å². The van der Waals surface area contributed by atoms with Crippen LogP contribution in [-0.4, -0.2) is 14.6 Å². The van der Waals surface area contributed by atoms with Gasteiger partial charge in [0.15, 0.2) is 0 Å². The number of aromatic amines is 1. The Bertz CT molecular complexity index is 952. The zero-order chi connectivity index (χ0) is 14.2. The number of thiophene rings is 1. The van der Waals surface area contributed by atoms with E-state index in [2.05, 4.69) is 10.1 Å². The molecule has 4 nitrogen and oxygen atoms in total. The topological polar surface area (TPSA) is 50.2 Å². The molecule has 3 aromatic heterocycles. The summed E-state index contributed by atoms with van der Waals surface area (Å²) in [6, 6.07) is 17.3. The maximum Gasteiger partial charge on any atom is 0.251 e. The third kappa shape index (κ3) is 2.08. The summed E-state index contributed by atoms with van der Waals surface area (Å²) >= 11 is 1.63. The van der Waals surface area contributed by atoms with Crippen LogP contribution in [0.15, 0.2) is 64.8 Å². The van der Waals surface area contributed by atoms with Crippen LogP contribution in [0, 0.1) is 0 Å². The Labute approximate surface area is 124 Å². The lowest BCUT2D eigenvalue weighted by molar-refractivity contribution is 0.944. The normalized spacial score (nSPS) is 11.0. The summed E-state index contributed by atoms with van der Waals surface area (Å²) < 4.78 is 1.78. The van der Waals surface area contributed by atoms with Gasteiger partial charge in [0.1, 0.15) is 11.3 Å². The first kappa shape index (κ1) is 12.1. The van der Waals surface area contributed by atoms with Crippen LogP contribution in [0.25, 0.3) is 27.5 Å². The van der Waals surface area contributed by atoms with Gasteiger partial charge in [-0.15, -0.1) is 11.3 Å². The largest absolute Gasteiger partial charge is 0.307 e. The van der Waals surface area contributed by atoms with Crippen LogP contribution in [0.5, 0.6) is 0 Å². The lowest BCUT2D eigenvalue weighted by Crippen LogP contribution is -2.09. The van der Waals surface area contributed by atoms with E-state index in [0.717, 1.165) is 21.8 Å². The molecule has 0 atom stereocenters. The summed E-state index contributed by atoms with van der Waals surface area (Å²) in [6.45, 7) is 0. The third-order valence-electron chi connectivity index (χ3n) is 3.30. The fourth-order valence-corrected chi connectivity index (χ4v) is 3.04. The van der Waals surface area contributed by atoms with Gasteiger partial charge in [-0.2, -0.15) is 5.10 Å². The summed E-state index contributed by atoms with van der Waals surface area (Å²) in [7, 11) is 0. The molecule has 0 unspecified atom stereocenters. The van der Waals surface area contributed by atoms with Crippen molar-refractivity contribution in [3.05, 3.63) is 70.3 Å². The number of H-pyrrole nitrogens is 1. The van der Waals surface area contributed by atoms with Gasteiger partial charge in [-0.25, -0.2) is 4.52 Å². The lowest BCUT2D eigenvalue weighted by Gasteiger charge is -2.03. The van der Waals surface area contributed by atoms with E-state index in [0.29, 0.717) is 5.65 Å². The highest BCUT2D eigenvalue weighted by molar-refractivity contribution is 7.13. The van der Waals surface area contributed by atoms with E-state index >= 15 is 0 Å². The van der Waals surface area contributed by atoms with Gasteiger partial charge in [-0.05, 0) is 11.4 Å². The molecule has 4 rings (SSSR count). The van der Waals surface area contributed by atoms with E-state index in [-0.39, 0.29) is 5.56 Å². The fourth-order valence-electron chi connectivity index (χ4n) is 2.36. The second-order valence-corrected chi connectivity index (χ2v) is 5.64. The van der Waals surface area contributed by atoms with Crippen molar-refractivity contribution in [2.45, 2.75) is 0 Å². The zero-order valence-electron chi connectivity index (χ0n) is 11.0. The molecule has 1 N–H and O–H groups in total. The Balaban J connectivity index is 2.01. The van der Waals surface area contributed by atoms with Gasteiger partial charge < -0.3 is 4.98 Å². The molecule has 0 saturated heterocycles. The Morgan fingerprint density at radius 1 is 1.05 bits per heavy atom. The average molecular weight is 293 g/mol. The summed E-state index contributed by atoms with van der Waals surface area (Å²) in [5.41, 5.74) is 3.19. The highest BCUT2D eigenvalue weighted by atomic mass is 32.1. The number of nitrogens with one attached hydrogen (secondary N) is 1. The maximum absolute atomic E-state index is 11.9. The molecule has 1 aromatic carbocycles. The van der Waals surface area contributed by atoms with Gasteiger partial charge >= 0.3 is 0 Å². The second kappa shape index (κ2) is 4.71. The van der Waals surface area contributed by atoms with Crippen molar-refractivity contribution in [3.63, 3.8) is 0 Å². The molecule has 21 heavy (non-hydrogen) atoms. The molecule has 4 aromatic rings. The molecule has 0 aliphatic carbocycles. The SMILES string of the molecule is O=c1cc(-c2ccccc2)n2nc(-c3cccs3)cc2[nH]1. The van der Waals surface area contributed by atoms with Crippen LogP contribution in [0.3, 0.4) is 0 Å². The monoisotopic (exact) mass is 293 g/mol. The number of rotatable bonds is 2. The minimum Gasteiger partial charge on any atom is -0.307 e. The van der Waals surface area contributed by atoms with E-state index in [1.54, 1.807) is 21.9 Å². The quantitative estimate of drug-likeness (QED) is 0.615. The van der Waals surface area contributed by atoms with Crippen LogP contribution in [0.2, 0.25) is 0 Å². The van der Waals surface area contributed by atoms with Gasteiger partial charge in [-0.3, -0.25) is 4.79 Å². The van der Waals surface area contributed by atoms with Crippen LogP contribution < -0.4 is 5.56 Å². The highest BCUT2D eigenvalue weighted by Gasteiger charge is 2.10. The van der Waals surface area contributed by atoms with E-state index in [4.69, 9.17) is 0 Å². The molecule has 0 radical (unpaired) electrons. The predicted octanol–water partition coefficient (Wildman–Crippen LogP) is 3.42. The molecule has 0 saturated carbocycles. The van der Waals surface area contributed by atoms with Crippen molar-refractivity contribution in [1.82, 2.24) is 14.6 Å². The molecule has 0 aliphatic rings. The Kier molecular flexibility index (Phi) is 2.72. The van der Waals surface area contributed by atoms with E-state index in [9.17, 15) is 4.79 Å². The summed E-state index contributed by atoms with van der Waals surface area (Å²) in [5, 5.41) is 6.64. The third-order valence-corrected chi connectivity index (χ3v) is 4.19. The number of hydrogen-bond donors (Lipinski definition) is 1. The maximum atomic E-state index is 11.9. The minimum atomic E-state index is -0.126. The molecule has 0 amide bonds. The molecular formula is C16H11N3OS. The van der Waals surface area contributed by atoms with Gasteiger partial charge in [0.05, 0.1) is 10.6 Å². The average Bonchev–Trinajstić information content (AvgIpc) is 3.16. The van der Waals surface area contributed by atoms with Crippen LogP contribution in [-0.2, 0) is 0 Å². The minimum absolute atomic E-state index is 0.126. The molecule has 0 bridgehead atoms. The molecular weight excluding hydrogens is 282 g/mol. The van der Waals surface area contributed by atoms with Crippen LogP contribution in [0.1, 0.15) is 0 Å². The van der Waals surface area contributed by atoms with Gasteiger partial charge in [-0.1, -0.05) is 36.4 Å². The van der Waals surface area contributed by atoms with E-state index in [1.807, 2.05) is 53.9 Å². The Morgan fingerprint density at radius 3 is 2.67 bits per heavy atom. The van der Waals surface area contributed by atoms with Crippen LogP contribution in [0.4, 0.5) is 0 Å². The van der Waals surface area contributed by atoms with Crippen molar-refractivity contribution in [3.8, 4) is 21.8 Å². The number of hydrogen-bond acceptors (Lipinski definition) is 3. The first-order valence-electron chi connectivity index (χ1n) is 6.54. The van der Waals surface area contributed by atoms with Crippen molar-refractivity contribution in [2.75, 3.05) is 0 Å². The molecule has 0 fully saturated rings. The first-order chi connectivity index (χ1) is 10.3. The van der Waals surface area contributed by atoms with Crippen LogP contribution >= 0.6 is 11.3 Å². The Hall–Kier alpha value is -2.66. The standard InChI is InChI=1S/C16H11N3OS/c20-16-10-13(11-5-2-1-3-6-11)19-15(17-16)9-12(18-19)14-7-4-8-21-14/h1-10H,(H,17,20). The van der Waals surface area contributed by atoms with Crippen molar-refractivity contribution < 1.29 is 0 Å². The number of fused-ring (bicyclic) bond motifs is 1. The van der Waals surface area contributed by atoms with Gasteiger partial charge in [0.2, 0.25) is 0 Å². The molecule has 3 heterocycles. The predicted molar refractivity (Wildman–Crippen MR) is 84.6 cm³/mol. The first-order valence-corrected chi connectivity index (χ1v) is 7.42. The second-order valence-electron chi connectivity index (χ2n) is 4.69. The Morgan fingerprint density at radius 2 is 1.90 bits per heavy atom. The van der Waals surface area contributed by atoms with Crippen molar-refractivity contribution >= 4 is 17.0 Å². The van der Waals surface area contributed by atoms with Crippen molar-refractivity contribution in [2.24, 2.45) is 0 Å². The highest BCUT2D eigenvalue weighted by Crippen LogP contribution is 2.26. The number of aromatic nitrogens is 3. The van der Waals surface area contributed by atoms with Gasteiger partial charge in [0.25, 0.3) is 5.56 Å². The molecule has 0 spiro atoms. The summed E-state index contributed by atoms with van der Waals surface area (Å²) in [4.78, 5) is 15.8. The molecule has 102 valence electrons.